The van der Waals surface area contributed by atoms with E-state index in [1.165, 1.54) is 0 Å². The number of ether oxygens (including phenoxy) is 1. The molecule has 1 aromatic heterocycles. The van der Waals surface area contributed by atoms with Gasteiger partial charge in [-0.2, -0.15) is 0 Å². The van der Waals surface area contributed by atoms with Gasteiger partial charge in [0.2, 0.25) is 5.88 Å². The lowest BCUT2D eigenvalue weighted by Gasteiger charge is -2.23. The highest BCUT2D eigenvalue weighted by Gasteiger charge is 2.49. The van der Waals surface area contributed by atoms with Gasteiger partial charge in [0.15, 0.2) is 0 Å². The average molecular weight is 593 g/mol. The fourth-order valence-corrected chi connectivity index (χ4v) is 7.19. The highest BCUT2D eigenvalue weighted by molar-refractivity contribution is 7.92. The van der Waals surface area contributed by atoms with E-state index in [0.29, 0.717) is 36.4 Å². The number of nitrogens with one attached hydrogen (secondary N) is 1. The number of unbranched alkanes of at least 4 members (excludes halogenated alkanes) is 1. The van der Waals surface area contributed by atoms with E-state index in [0.717, 1.165) is 67.5 Å². The van der Waals surface area contributed by atoms with Crippen molar-refractivity contribution >= 4 is 27.7 Å². The van der Waals surface area contributed by atoms with Crippen LogP contribution in [0.4, 0.5) is 5.88 Å². The van der Waals surface area contributed by atoms with Crippen molar-refractivity contribution in [2.24, 2.45) is 4.99 Å². The van der Waals surface area contributed by atoms with Crippen LogP contribution in [-0.4, -0.2) is 49.5 Å². The van der Waals surface area contributed by atoms with Crippen LogP contribution in [0.2, 0.25) is 0 Å². The molecule has 0 radical (unpaired) electrons. The molecule has 42 heavy (non-hydrogen) atoms. The quantitative estimate of drug-likeness (QED) is 0.268. The van der Waals surface area contributed by atoms with Crippen LogP contribution in [0.3, 0.4) is 0 Å². The number of amides is 1. The summed E-state index contributed by atoms with van der Waals surface area (Å²) in [5.74, 6) is 1.12. The first-order valence-electron chi connectivity index (χ1n) is 14.8. The van der Waals surface area contributed by atoms with Gasteiger partial charge in [0.25, 0.3) is 15.9 Å². The molecule has 1 amide bonds. The number of aliphatic imine (C=N–C) groups is 1. The molecular formula is C32H40N4O5S. The number of sulfonamides is 1. The third kappa shape index (κ3) is 5.87. The van der Waals surface area contributed by atoms with Crippen LogP contribution in [0, 0.1) is 13.8 Å². The molecule has 0 unspecified atom stereocenters. The monoisotopic (exact) mass is 592 g/mol. The molecule has 3 aromatic rings. The van der Waals surface area contributed by atoms with E-state index in [9.17, 15) is 13.2 Å². The van der Waals surface area contributed by atoms with Crippen molar-refractivity contribution in [3.8, 4) is 11.1 Å². The van der Waals surface area contributed by atoms with Crippen LogP contribution in [-0.2, 0) is 32.5 Å². The van der Waals surface area contributed by atoms with Crippen molar-refractivity contribution in [2.75, 3.05) is 18.4 Å². The van der Waals surface area contributed by atoms with E-state index >= 15 is 0 Å². The Kier molecular flexibility index (Phi) is 8.84. The normalized spacial score (nSPS) is 16.4. The summed E-state index contributed by atoms with van der Waals surface area (Å²) in [4.78, 5) is 20.7. The lowest BCUT2D eigenvalue weighted by Crippen LogP contribution is -2.40. The van der Waals surface area contributed by atoms with Crippen molar-refractivity contribution in [3.63, 3.8) is 0 Å². The van der Waals surface area contributed by atoms with Gasteiger partial charge in [-0.1, -0.05) is 67.7 Å². The van der Waals surface area contributed by atoms with Gasteiger partial charge in [-0.3, -0.25) is 14.7 Å². The summed E-state index contributed by atoms with van der Waals surface area (Å²) in [7, 11) is -2.34. The lowest BCUT2D eigenvalue weighted by atomic mass is 9.95. The number of aromatic nitrogens is 1. The van der Waals surface area contributed by atoms with Crippen LogP contribution < -0.4 is 4.72 Å². The van der Waals surface area contributed by atoms with Gasteiger partial charge >= 0.3 is 0 Å². The predicted octanol–water partition coefficient (Wildman–Crippen LogP) is 6.19. The van der Waals surface area contributed by atoms with Crippen molar-refractivity contribution in [3.05, 3.63) is 64.8 Å². The fraction of sp³-hybridized carbons (Fsp3) is 0.469. The van der Waals surface area contributed by atoms with Gasteiger partial charge in [0.05, 0.1) is 23.7 Å². The Morgan fingerprint density at radius 2 is 1.83 bits per heavy atom. The predicted molar refractivity (Wildman–Crippen MR) is 163 cm³/mol. The number of hydrogen-bond donors (Lipinski definition) is 1. The minimum Gasteiger partial charge on any atom is -0.384 e. The zero-order valence-electron chi connectivity index (χ0n) is 24.9. The van der Waals surface area contributed by atoms with Gasteiger partial charge in [-0.15, -0.1) is 0 Å². The Balaban J connectivity index is 1.49. The Labute approximate surface area is 248 Å². The molecule has 1 aliphatic carbocycles. The van der Waals surface area contributed by atoms with Crippen molar-refractivity contribution in [1.29, 1.82) is 0 Å². The second-order valence-electron chi connectivity index (χ2n) is 11.3. The summed E-state index contributed by atoms with van der Waals surface area (Å²) in [5, 5.41) is 3.87. The number of nitrogens with zero attached hydrogens (tertiary/aromatic N) is 3. The Bertz CT molecular complexity index is 1590. The summed E-state index contributed by atoms with van der Waals surface area (Å²) in [6.45, 7) is 6.57. The molecule has 224 valence electrons. The molecule has 2 heterocycles. The first kappa shape index (κ1) is 30.0. The van der Waals surface area contributed by atoms with Crippen LogP contribution in [0.1, 0.15) is 74.3 Å². The first-order valence-corrected chi connectivity index (χ1v) is 16.2. The van der Waals surface area contributed by atoms with Crippen molar-refractivity contribution < 1.29 is 22.5 Å². The van der Waals surface area contributed by atoms with Gasteiger partial charge in [-0.05, 0) is 62.3 Å². The molecule has 0 bridgehead atoms. The molecule has 1 spiro atoms. The van der Waals surface area contributed by atoms with E-state index in [1.54, 1.807) is 33.1 Å². The Morgan fingerprint density at radius 1 is 1.07 bits per heavy atom. The minimum absolute atomic E-state index is 0.105. The third-order valence-corrected chi connectivity index (χ3v) is 9.81. The van der Waals surface area contributed by atoms with Crippen LogP contribution in [0.15, 0.2) is 56.9 Å². The number of hydrogen-bond acceptors (Lipinski definition) is 7. The van der Waals surface area contributed by atoms with Gasteiger partial charge in [0, 0.05) is 24.7 Å². The number of benzene rings is 2. The number of carbonyl (C=O) groups excluding carboxylic acids is 1. The standard InChI is InChI=1S/C32H40N4O5S/c1-5-6-13-29-33-32(17-9-10-18-32)31(37)36(29)21-24-14-15-26(25(20-24)16-19-40-4)27-11-7-8-12-28(27)42(38,39)35-30-22(2)23(3)34-41-30/h7-8,11-12,14-15,20,35H,5-6,9-10,13,16-19,21H2,1-4H3. The van der Waals surface area contributed by atoms with E-state index in [1.807, 2.05) is 29.2 Å². The molecule has 1 saturated carbocycles. The van der Waals surface area contributed by atoms with E-state index in [4.69, 9.17) is 14.3 Å². The number of aryl methyl sites for hydroxylation is 1. The molecule has 2 aliphatic rings. The summed E-state index contributed by atoms with van der Waals surface area (Å²) in [5.41, 5.74) is 3.96. The van der Waals surface area contributed by atoms with Gasteiger partial charge in [0.1, 0.15) is 11.4 Å². The average Bonchev–Trinajstić information content (AvgIpc) is 3.66. The second-order valence-corrected chi connectivity index (χ2v) is 13.0. The number of methoxy groups -OCH3 is 1. The molecule has 1 N–H and O–H groups in total. The van der Waals surface area contributed by atoms with Crippen LogP contribution in [0.5, 0.6) is 0 Å². The maximum Gasteiger partial charge on any atom is 0.264 e. The minimum atomic E-state index is -3.99. The smallest absolute Gasteiger partial charge is 0.264 e. The van der Waals surface area contributed by atoms with E-state index in [2.05, 4.69) is 22.9 Å². The van der Waals surface area contributed by atoms with Crippen LogP contribution in [0.25, 0.3) is 11.1 Å². The van der Waals surface area contributed by atoms with Crippen molar-refractivity contribution in [2.45, 2.75) is 89.1 Å². The van der Waals surface area contributed by atoms with Crippen molar-refractivity contribution in [1.82, 2.24) is 10.1 Å². The molecule has 1 aliphatic heterocycles. The molecule has 9 nitrogen and oxygen atoms in total. The zero-order chi connectivity index (χ0) is 29.9. The molecule has 0 atom stereocenters. The highest BCUT2D eigenvalue weighted by atomic mass is 32.2. The van der Waals surface area contributed by atoms with Gasteiger partial charge < -0.3 is 9.26 Å². The number of amidine groups is 1. The first-order chi connectivity index (χ1) is 20.2. The molecule has 0 saturated heterocycles. The van der Waals surface area contributed by atoms with E-state index in [-0.39, 0.29) is 16.7 Å². The van der Waals surface area contributed by atoms with Crippen LogP contribution >= 0.6 is 0 Å². The SMILES string of the molecule is CCCCC1=NC2(CCCC2)C(=O)N1Cc1ccc(-c2ccccc2S(=O)(=O)Nc2onc(C)c2C)c(CCOC)c1. The summed E-state index contributed by atoms with van der Waals surface area (Å²) in [6.07, 6.45) is 7.11. The number of anilines is 1. The Hall–Kier alpha value is -3.50. The largest absolute Gasteiger partial charge is 0.384 e. The molecular weight excluding hydrogens is 552 g/mol. The summed E-state index contributed by atoms with van der Waals surface area (Å²) in [6, 6.07) is 12.9. The second kappa shape index (κ2) is 12.4. The number of rotatable bonds is 12. The molecule has 2 aromatic carbocycles. The fourth-order valence-electron chi connectivity index (χ4n) is 5.92. The lowest BCUT2D eigenvalue weighted by molar-refractivity contribution is -0.131. The zero-order valence-corrected chi connectivity index (χ0v) is 25.7. The van der Waals surface area contributed by atoms with Gasteiger partial charge in [-0.25, -0.2) is 13.1 Å². The molecule has 1 fully saturated rings. The topological polar surface area (TPSA) is 114 Å². The maximum atomic E-state index is 13.7. The molecule has 10 heteroatoms. The maximum absolute atomic E-state index is 13.7. The Morgan fingerprint density at radius 3 is 2.52 bits per heavy atom. The highest BCUT2D eigenvalue weighted by Crippen LogP contribution is 2.40. The molecule has 5 rings (SSSR count). The number of carbonyl (C=O) groups is 1. The summed E-state index contributed by atoms with van der Waals surface area (Å²) >= 11 is 0. The summed E-state index contributed by atoms with van der Waals surface area (Å²) < 4.78 is 40.4. The third-order valence-electron chi connectivity index (χ3n) is 8.42. The van der Waals surface area contributed by atoms with E-state index < -0.39 is 15.6 Å².